The van der Waals surface area contributed by atoms with Gasteiger partial charge in [0.15, 0.2) is 0 Å². The molecule has 6 rings (SSSR count). The van der Waals surface area contributed by atoms with Crippen LogP contribution < -0.4 is 5.32 Å². The van der Waals surface area contributed by atoms with E-state index in [2.05, 4.69) is 21.3 Å². The van der Waals surface area contributed by atoms with Crippen molar-refractivity contribution in [3.05, 3.63) is 70.4 Å². The summed E-state index contributed by atoms with van der Waals surface area (Å²) in [4.78, 5) is 6.73. The van der Waals surface area contributed by atoms with Crippen LogP contribution in [0.15, 0.2) is 47.9 Å². The van der Waals surface area contributed by atoms with Gasteiger partial charge in [0.05, 0.1) is 12.1 Å². The van der Waals surface area contributed by atoms with E-state index in [0.717, 1.165) is 93.6 Å². The number of aliphatic hydroxyl groups is 1. The summed E-state index contributed by atoms with van der Waals surface area (Å²) in [6, 6.07) is 9.25. The van der Waals surface area contributed by atoms with Gasteiger partial charge in [-0.15, -0.1) is 0 Å². The van der Waals surface area contributed by atoms with Gasteiger partial charge in [0.25, 0.3) is 0 Å². The molecule has 4 heterocycles. The minimum atomic E-state index is -0.314. The maximum atomic E-state index is 14.2. The first kappa shape index (κ1) is 23.9. The number of likely N-dealkylation sites (tertiary alicyclic amines) is 1. The van der Waals surface area contributed by atoms with Crippen molar-refractivity contribution in [3.8, 4) is 0 Å². The number of anilines is 1. The van der Waals surface area contributed by atoms with Crippen LogP contribution in [0, 0.1) is 5.82 Å². The Balaban J connectivity index is 1.01. The van der Waals surface area contributed by atoms with Gasteiger partial charge < -0.3 is 19.9 Å². The van der Waals surface area contributed by atoms with Crippen LogP contribution in [0.1, 0.15) is 73.8 Å². The third kappa shape index (κ3) is 4.76. The third-order valence-corrected chi connectivity index (χ3v) is 8.24. The Labute approximate surface area is 212 Å². The number of hydrogen-bond acceptors (Lipinski definition) is 6. The number of nitrogens with one attached hydrogen (secondary N) is 1. The summed E-state index contributed by atoms with van der Waals surface area (Å²) < 4.78 is 26.5. The van der Waals surface area contributed by atoms with E-state index in [9.17, 15) is 9.50 Å². The van der Waals surface area contributed by atoms with Crippen molar-refractivity contribution >= 4 is 5.82 Å². The molecule has 6 nitrogen and oxygen atoms in total. The highest BCUT2D eigenvalue weighted by Crippen LogP contribution is 2.48. The number of fused-ring (bicyclic) bond motifs is 4. The fourth-order valence-corrected chi connectivity index (χ4v) is 6.40. The van der Waals surface area contributed by atoms with Crippen molar-refractivity contribution in [2.24, 2.45) is 0 Å². The number of benzene rings is 1. The molecule has 0 saturated carbocycles. The number of halogens is 1. The minimum Gasteiger partial charge on any atom is -0.510 e. The molecule has 4 aliphatic rings. The van der Waals surface area contributed by atoms with Gasteiger partial charge in [-0.25, -0.2) is 9.37 Å². The molecular weight excluding hydrogens is 457 g/mol. The number of aliphatic hydroxyl groups excluding tert-OH is 1. The summed E-state index contributed by atoms with van der Waals surface area (Å²) in [6.07, 6.45) is 9.96. The summed E-state index contributed by atoms with van der Waals surface area (Å²) in [7, 11) is 0. The Hall–Kier alpha value is -2.48. The lowest BCUT2D eigenvalue weighted by atomic mass is 9.81. The van der Waals surface area contributed by atoms with E-state index in [1.807, 2.05) is 18.3 Å². The third-order valence-electron chi connectivity index (χ3n) is 8.24. The van der Waals surface area contributed by atoms with Gasteiger partial charge in [-0.3, -0.25) is 4.90 Å². The van der Waals surface area contributed by atoms with Crippen LogP contribution in [0.3, 0.4) is 0 Å². The number of aryl methyl sites for hydroxylation is 1. The monoisotopic (exact) mass is 493 g/mol. The molecule has 0 bridgehead atoms. The maximum Gasteiger partial charge on any atom is 0.129 e. The zero-order valence-corrected chi connectivity index (χ0v) is 20.8. The fourth-order valence-electron chi connectivity index (χ4n) is 6.40. The van der Waals surface area contributed by atoms with E-state index in [0.29, 0.717) is 18.4 Å². The fraction of sp³-hybridized carbons (Fsp3) is 0.552. The zero-order valence-electron chi connectivity index (χ0n) is 20.8. The molecule has 192 valence electrons. The maximum absolute atomic E-state index is 14.2. The van der Waals surface area contributed by atoms with Crippen LogP contribution in [0.25, 0.3) is 0 Å². The van der Waals surface area contributed by atoms with E-state index >= 15 is 0 Å². The molecule has 4 atom stereocenters. The molecule has 7 heteroatoms. The number of aromatic nitrogens is 1. The molecule has 0 radical (unpaired) electrons. The smallest absolute Gasteiger partial charge is 0.129 e. The number of ether oxygens (including phenoxy) is 2. The van der Waals surface area contributed by atoms with Crippen molar-refractivity contribution in [1.82, 2.24) is 9.88 Å². The highest BCUT2D eigenvalue weighted by Gasteiger charge is 2.41. The van der Waals surface area contributed by atoms with Crippen molar-refractivity contribution in [2.75, 3.05) is 31.6 Å². The van der Waals surface area contributed by atoms with Crippen molar-refractivity contribution in [1.29, 1.82) is 0 Å². The first-order valence-electron chi connectivity index (χ1n) is 13.6. The quantitative estimate of drug-likeness (QED) is 0.488. The van der Waals surface area contributed by atoms with Crippen molar-refractivity contribution in [2.45, 2.75) is 75.7 Å². The molecule has 2 saturated heterocycles. The number of hydrogen-bond donors (Lipinski definition) is 2. The summed E-state index contributed by atoms with van der Waals surface area (Å²) in [5.41, 5.74) is 4.11. The second kappa shape index (κ2) is 10.5. The second-order valence-corrected chi connectivity index (χ2v) is 10.6. The van der Waals surface area contributed by atoms with Crippen molar-refractivity contribution < 1.29 is 19.0 Å². The zero-order chi connectivity index (χ0) is 24.5. The Kier molecular flexibility index (Phi) is 6.96. The van der Waals surface area contributed by atoms with Gasteiger partial charge in [0.1, 0.15) is 23.5 Å². The molecule has 0 unspecified atom stereocenters. The van der Waals surface area contributed by atoms with E-state index in [4.69, 9.17) is 9.47 Å². The van der Waals surface area contributed by atoms with Crippen LogP contribution in [-0.4, -0.2) is 53.4 Å². The van der Waals surface area contributed by atoms with Gasteiger partial charge in [-0.05, 0) is 86.3 Å². The summed E-state index contributed by atoms with van der Waals surface area (Å²) >= 11 is 0. The predicted molar refractivity (Wildman–Crippen MR) is 136 cm³/mol. The average molecular weight is 494 g/mol. The first-order valence-corrected chi connectivity index (χ1v) is 13.6. The molecule has 2 aromatic rings. The number of nitrogens with zero attached hydrogens (tertiary/aromatic N) is 2. The molecule has 3 aliphatic heterocycles. The van der Waals surface area contributed by atoms with Gasteiger partial charge in [-0.2, -0.15) is 0 Å². The molecule has 0 spiro atoms. The largest absolute Gasteiger partial charge is 0.510 e. The van der Waals surface area contributed by atoms with Crippen LogP contribution in [0.5, 0.6) is 0 Å². The summed E-state index contributed by atoms with van der Waals surface area (Å²) in [5.74, 6) is 1.13. The molecule has 1 aromatic heterocycles. The van der Waals surface area contributed by atoms with E-state index < -0.39 is 0 Å². The molecule has 1 aromatic carbocycles. The van der Waals surface area contributed by atoms with Crippen molar-refractivity contribution in [3.63, 3.8) is 0 Å². The Morgan fingerprint density at radius 3 is 3.06 bits per heavy atom. The minimum absolute atomic E-state index is 0.143. The average Bonchev–Trinajstić information content (AvgIpc) is 3.37. The molecule has 1 aliphatic carbocycles. The second-order valence-electron chi connectivity index (χ2n) is 10.6. The van der Waals surface area contributed by atoms with Crippen LogP contribution in [0.4, 0.5) is 10.2 Å². The van der Waals surface area contributed by atoms with E-state index in [1.165, 1.54) is 11.6 Å². The van der Waals surface area contributed by atoms with Gasteiger partial charge in [-0.1, -0.05) is 12.1 Å². The number of unbranched alkanes of at least 4 members (excludes halogenated alkanes) is 1. The standard InChI is InChI=1S/C29H36FN3O3/c30-20-9-11-23-25(17-20)26(27(34)24-7-4-16-36-28(23)24)33-14-12-22(18-33)35-15-2-1-6-21-10-8-19-5-3-13-31-29(19)32-21/h3,5,9,11,13,17,21-22,26,28,34H,1-2,4,6-8,10,12,14-16,18H2,(H,31,32)/t21-,22+,26+,28+/m0/s1. The normalized spacial score (nSPS) is 27.8. The highest BCUT2D eigenvalue weighted by molar-refractivity contribution is 5.47. The molecule has 2 fully saturated rings. The lowest BCUT2D eigenvalue weighted by molar-refractivity contribution is 0.0334. The molecular formula is C29H36FN3O3. The Morgan fingerprint density at radius 2 is 2.11 bits per heavy atom. The Morgan fingerprint density at radius 1 is 1.17 bits per heavy atom. The van der Waals surface area contributed by atoms with Gasteiger partial charge >= 0.3 is 0 Å². The van der Waals surface area contributed by atoms with Crippen LogP contribution in [-0.2, 0) is 15.9 Å². The predicted octanol–water partition coefficient (Wildman–Crippen LogP) is 5.63. The van der Waals surface area contributed by atoms with Crippen LogP contribution in [0.2, 0.25) is 0 Å². The summed E-state index contributed by atoms with van der Waals surface area (Å²) in [6.45, 7) is 2.99. The lowest BCUT2D eigenvalue weighted by Crippen LogP contribution is -2.35. The molecule has 36 heavy (non-hydrogen) atoms. The SMILES string of the molecule is OC1=C2CCCO[C@@H]2c2ccc(F)cc2[C@H]1N1CC[C@@H](OCCCC[C@H]2CCc3cccnc3N2)C1. The Bertz CT molecular complexity index is 1120. The summed E-state index contributed by atoms with van der Waals surface area (Å²) in [5, 5.41) is 14.8. The lowest BCUT2D eigenvalue weighted by Gasteiger charge is -2.39. The topological polar surface area (TPSA) is 66.9 Å². The first-order chi connectivity index (χ1) is 17.7. The number of rotatable bonds is 7. The molecule has 2 N–H and O–H groups in total. The highest BCUT2D eigenvalue weighted by atomic mass is 19.1. The molecule has 0 amide bonds. The van der Waals surface area contributed by atoms with Gasteiger partial charge in [0, 0.05) is 44.1 Å². The van der Waals surface area contributed by atoms with E-state index in [1.54, 1.807) is 6.07 Å². The van der Waals surface area contributed by atoms with Gasteiger partial charge in [0.2, 0.25) is 0 Å². The van der Waals surface area contributed by atoms with E-state index in [-0.39, 0.29) is 24.1 Å². The number of pyridine rings is 1. The van der Waals surface area contributed by atoms with Crippen LogP contribution >= 0.6 is 0 Å².